The molecule has 0 aromatic rings. The molecular formula is C16H31N. The Bertz CT molecular complexity index is 253. The van der Waals surface area contributed by atoms with E-state index < -0.39 is 0 Å². The predicted molar refractivity (Wildman–Crippen MR) is 77.3 cm³/mol. The zero-order valence-corrected chi connectivity index (χ0v) is 12.5. The highest BCUT2D eigenvalue weighted by Crippen LogP contribution is 2.40. The van der Waals surface area contributed by atoms with Gasteiger partial charge in [-0.1, -0.05) is 25.5 Å². The van der Waals surface area contributed by atoms with Gasteiger partial charge in [0.05, 0.1) is 0 Å². The molecule has 0 saturated heterocycles. The maximum absolute atomic E-state index is 3.72. The molecule has 0 aromatic carbocycles. The van der Waals surface area contributed by atoms with Gasteiger partial charge < -0.3 is 5.32 Å². The molecule has 1 nitrogen and oxygen atoms in total. The van der Waals surface area contributed by atoms with E-state index in [2.05, 4.69) is 46.0 Å². The van der Waals surface area contributed by atoms with E-state index >= 15 is 0 Å². The second-order valence-electron chi connectivity index (χ2n) is 6.57. The van der Waals surface area contributed by atoms with Gasteiger partial charge in [-0.2, -0.15) is 0 Å². The van der Waals surface area contributed by atoms with Gasteiger partial charge in [-0.25, -0.2) is 0 Å². The molecular weight excluding hydrogens is 206 g/mol. The van der Waals surface area contributed by atoms with Gasteiger partial charge in [0.15, 0.2) is 0 Å². The number of hydrogen-bond donors (Lipinski definition) is 1. The lowest BCUT2D eigenvalue weighted by Crippen LogP contribution is -2.44. The van der Waals surface area contributed by atoms with E-state index in [0.717, 1.165) is 6.54 Å². The third-order valence-corrected chi connectivity index (χ3v) is 4.28. The van der Waals surface area contributed by atoms with Gasteiger partial charge in [-0.3, -0.25) is 0 Å². The van der Waals surface area contributed by atoms with Crippen LogP contribution in [0.25, 0.3) is 0 Å². The molecule has 17 heavy (non-hydrogen) atoms. The lowest BCUT2D eigenvalue weighted by molar-refractivity contribution is 0.258. The molecule has 1 aliphatic carbocycles. The Morgan fingerprint density at radius 3 is 2.18 bits per heavy atom. The molecule has 0 fully saturated rings. The van der Waals surface area contributed by atoms with Gasteiger partial charge in [0.25, 0.3) is 0 Å². The van der Waals surface area contributed by atoms with Crippen LogP contribution < -0.4 is 5.32 Å². The first-order valence-electron chi connectivity index (χ1n) is 7.38. The summed E-state index contributed by atoms with van der Waals surface area (Å²) in [5, 5.41) is 3.72. The highest BCUT2D eigenvalue weighted by atomic mass is 15.0. The minimum atomic E-state index is 0.227. The first-order chi connectivity index (χ1) is 7.93. The van der Waals surface area contributed by atoms with Crippen LogP contribution in [0.1, 0.15) is 73.1 Å². The number of rotatable bonds is 5. The molecule has 0 bridgehead atoms. The van der Waals surface area contributed by atoms with E-state index in [4.69, 9.17) is 0 Å². The minimum Gasteiger partial charge on any atom is -0.311 e. The average Bonchev–Trinajstić information content (AvgIpc) is 2.31. The van der Waals surface area contributed by atoms with E-state index in [1.54, 1.807) is 5.57 Å². The largest absolute Gasteiger partial charge is 0.311 e. The Labute approximate surface area is 108 Å². The highest BCUT2D eigenvalue weighted by molar-refractivity contribution is 5.17. The third-order valence-electron chi connectivity index (χ3n) is 4.28. The first-order valence-corrected chi connectivity index (χ1v) is 7.38. The van der Waals surface area contributed by atoms with Crippen LogP contribution in [-0.2, 0) is 0 Å². The normalized spacial score (nSPS) is 18.1. The van der Waals surface area contributed by atoms with E-state index in [0.29, 0.717) is 5.41 Å². The van der Waals surface area contributed by atoms with Crippen molar-refractivity contribution >= 4 is 0 Å². The first kappa shape index (κ1) is 14.8. The molecule has 0 spiro atoms. The Hall–Kier alpha value is -0.300. The standard InChI is InChI=1S/C16H31N/c1-6-16(7-2,13-17-15(3,4)5)14-11-9-8-10-12-14/h11,17H,6-10,12-13H2,1-5H3. The highest BCUT2D eigenvalue weighted by Gasteiger charge is 2.31. The number of allylic oxidation sites excluding steroid dienone is 1. The maximum atomic E-state index is 3.72. The topological polar surface area (TPSA) is 12.0 Å². The Balaban J connectivity index is 2.77. The Kier molecular flexibility index (Phi) is 5.24. The van der Waals surface area contributed by atoms with Crippen LogP contribution in [0.15, 0.2) is 11.6 Å². The van der Waals surface area contributed by atoms with Gasteiger partial charge in [0.1, 0.15) is 0 Å². The van der Waals surface area contributed by atoms with Crippen molar-refractivity contribution in [2.45, 2.75) is 78.7 Å². The van der Waals surface area contributed by atoms with E-state index in [-0.39, 0.29) is 5.54 Å². The second-order valence-corrected chi connectivity index (χ2v) is 6.57. The van der Waals surface area contributed by atoms with Crippen LogP contribution in [0.3, 0.4) is 0 Å². The van der Waals surface area contributed by atoms with Crippen molar-refractivity contribution in [3.8, 4) is 0 Å². The molecule has 0 heterocycles. The van der Waals surface area contributed by atoms with Crippen LogP contribution in [0.4, 0.5) is 0 Å². The fraction of sp³-hybridized carbons (Fsp3) is 0.875. The molecule has 1 N–H and O–H groups in total. The lowest BCUT2D eigenvalue weighted by atomic mass is 9.71. The Morgan fingerprint density at radius 1 is 1.12 bits per heavy atom. The molecule has 1 rings (SSSR count). The molecule has 0 saturated carbocycles. The predicted octanol–water partition coefficient (Wildman–Crippen LogP) is 4.68. The van der Waals surface area contributed by atoms with Crippen molar-refractivity contribution in [2.75, 3.05) is 6.54 Å². The van der Waals surface area contributed by atoms with Crippen molar-refractivity contribution in [3.05, 3.63) is 11.6 Å². The molecule has 1 heteroatoms. The summed E-state index contributed by atoms with van der Waals surface area (Å²) in [4.78, 5) is 0. The smallest absolute Gasteiger partial charge is 0.00968 e. The maximum Gasteiger partial charge on any atom is 0.00968 e. The third kappa shape index (κ3) is 4.13. The fourth-order valence-corrected chi connectivity index (χ4v) is 2.82. The van der Waals surface area contributed by atoms with Gasteiger partial charge in [-0.15, -0.1) is 0 Å². The van der Waals surface area contributed by atoms with Crippen molar-refractivity contribution in [3.63, 3.8) is 0 Å². The summed E-state index contributed by atoms with van der Waals surface area (Å²) in [6.07, 6.45) is 10.5. The van der Waals surface area contributed by atoms with Crippen LogP contribution in [-0.4, -0.2) is 12.1 Å². The minimum absolute atomic E-state index is 0.227. The summed E-state index contributed by atoms with van der Waals surface area (Å²) in [5.74, 6) is 0. The SMILES string of the molecule is CCC(CC)(CNC(C)(C)C)C1=CCCCC1. The van der Waals surface area contributed by atoms with Crippen molar-refractivity contribution in [2.24, 2.45) is 5.41 Å². The Morgan fingerprint density at radius 2 is 1.76 bits per heavy atom. The lowest BCUT2D eigenvalue weighted by Gasteiger charge is -2.39. The number of hydrogen-bond acceptors (Lipinski definition) is 1. The zero-order valence-electron chi connectivity index (χ0n) is 12.5. The molecule has 0 amide bonds. The summed E-state index contributed by atoms with van der Waals surface area (Å²) in [6.45, 7) is 12.6. The molecule has 0 aliphatic heterocycles. The summed E-state index contributed by atoms with van der Waals surface area (Å²) < 4.78 is 0. The van der Waals surface area contributed by atoms with Gasteiger partial charge in [0.2, 0.25) is 0 Å². The number of nitrogens with one attached hydrogen (secondary N) is 1. The van der Waals surface area contributed by atoms with Crippen molar-refractivity contribution in [1.29, 1.82) is 0 Å². The molecule has 100 valence electrons. The van der Waals surface area contributed by atoms with Crippen LogP contribution in [0, 0.1) is 5.41 Å². The molecule has 0 aromatic heterocycles. The summed E-state index contributed by atoms with van der Waals surface area (Å²) in [6, 6.07) is 0. The molecule has 1 aliphatic rings. The van der Waals surface area contributed by atoms with Crippen molar-refractivity contribution < 1.29 is 0 Å². The van der Waals surface area contributed by atoms with Gasteiger partial charge >= 0.3 is 0 Å². The quantitative estimate of drug-likeness (QED) is 0.685. The molecule has 0 atom stereocenters. The summed E-state index contributed by atoms with van der Waals surface area (Å²) >= 11 is 0. The van der Waals surface area contributed by atoms with Gasteiger partial charge in [-0.05, 0) is 59.3 Å². The second kappa shape index (κ2) is 6.04. The summed E-state index contributed by atoms with van der Waals surface area (Å²) in [7, 11) is 0. The molecule has 0 radical (unpaired) electrons. The average molecular weight is 237 g/mol. The molecule has 0 unspecified atom stereocenters. The van der Waals surface area contributed by atoms with Crippen molar-refractivity contribution in [1.82, 2.24) is 5.32 Å². The monoisotopic (exact) mass is 237 g/mol. The van der Waals surface area contributed by atoms with E-state index in [9.17, 15) is 0 Å². The van der Waals surface area contributed by atoms with Crippen LogP contribution >= 0.6 is 0 Å². The van der Waals surface area contributed by atoms with Gasteiger partial charge in [0, 0.05) is 17.5 Å². The fourth-order valence-electron chi connectivity index (χ4n) is 2.82. The zero-order chi connectivity index (χ0) is 12.9. The van der Waals surface area contributed by atoms with Crippen LogP contribution in [0.5, 0.6) is 0 Å². The van der Waals surface area contributed by atoms with E-state index in [1.165, 1.54) is 38.5 Å². The van der Waals surface area contributed by atoms with Crippen LogP contribution in [0.2, 0.25) is 0 Å². The summed E-state index contributed by atoms with van der Waals surface area (Å²) in [5.41, 5.74) is 2.36. The van der Waals surface area contributed by atoms with E-state index in [1.807, 2.05) is 0 Å².